The molecular formula is C15H31NO2. The van der Waals surface area contributed by atoms with E-state index >= 15 is 0 Å². The highest BCUT2D eigenvalue weighted by Gasteiger charge is 2.31. The lowest BCUT2D eigenvalue weighted by Crippen LogP contribution is -2.40. The number of hydrogen-bond acceptors (Lipinski definition) is 3. The smallest absolute Gasteiger partial charge is 0.0488 e. The van der Waals surface area contributed by atoms with Crippen LogP contribution in [0, 0.1) is 11.3 Å². The SMILES string of the molecule is CCCNCC1(CCOCC(C)C)CCOCC1. The van der Waals surface area contributed by atoms with Crippen LogP contribution in [0.15, 0.2) is 0 Å². The second-order valence-corrected chi connectivity index (χ2v) is 6.01. The van der Waals surface area contributed by atoms with E-state index in [2.05, 4.69) is 26.1 Å². The van der Waals surface area contributed by atoms with Crippen LogP contribution >= 0.6 is 0 Å². The van der Waals surface area contributed by atoms with Gasteiger partial charge < -0.3 is 14.8 Å². The highest BCUT2D eigenvalue weighted by Crippen LogP contribution is 2.33. The van der Waals surface area contributed by atoms with E-state index in [0.29, 0.717) is 11.3 Å². The molecule has 1 fully saturated rings. The summed E-state index contributed by atoms with van der Waals surface area (Å²) >= 11 is 0. The molecular weight excluding hydrogens is 226 g/mol. The molecule has 0 spiro atoms. The quantitative estimate of drug-likeness (QED) is 0.644. The topological polar surface area (TPSA) is 30.5 Å². The Morgan fingerprint density at radius 2 is 2.00 bits per heavy atom. The van der Waals surface area contributed by atoms with Crippen LogP contribution in [0.2, 0.25) is 0 Å². The van der Waals surface area contributed by atoms with Gasteiger partial charge in [-0.2, -0.15) is 0 Å². The Morgan fingerprint density at radius 3 is 2.61 bits per heavy atom. The fraction of sp³-hybridized carbons (Fsp3) is 1.00. The molecule has 0 amide bonds. The van der Waals surface area contributed by atoms with Gasteiger partial charge in [0.05, 0.1) is 0 Å². The summed E-state index contributed by atoms with van der Waals surface area (Å²) in [4.78, 5) is 0. The third-order valence-corrected chi connectivity index (χ3v) is 3.71. The maximum Gasteiger partial charge on any atom is 0.0488 e. The van der Waals surface area contributed by atoms with Crippen LogP contribution in [0.25, 0.3) is 0 Å². The van der Waals surface area contributed by atoms with Crippen molar-refractivity contribution in [1.82, 2.24) is 5.32 Å². The fourth-order valence-corrected chi connectivity index (χ4v) is 2.46. The summed E-state index contributed by atoms with van der Waals surface area (Å²) in [7, 11) is 0. The van der Waals surface area contributed by atoms with Crippen molar-refractivity contribution < 1.29 is 9.47 Å². The Bertz CT molecular complexity index is 201. The molecule has 1 N–H and O–H groups in total. The van der Waals surface area contributed by atoms with E-state index in [-0.39, 0.29) is 0 Å². The first-order valence-electron chi connectivity index (χ1n) is 7.55. The molecule has 1 heterocycles. The molecule has 0 aromatic carbocycles. The molecule has 0 unspecified atom stereocenters. The predicted molar refractivity (Wildman–Crippen MR) is 75.9 cm³/mol. The van der Waals surface area contributed by atoms with Crippen LogP contribution in [-0.2, 0) is 9.47 Å². The summed E-state index contributed by atoms with van der Waals surface area (Å²) in [6, 6.07) is 0. The van der Waals surface area contributed by atoms with Crippen LogP contribution in [0.3, 0.4) is 0 Å². The van der Waals surface area contributed by atoms with Gasteiger partial charge >= 0.3 is 0 Å². The first-order chi connectivity index (χ1) is 8.68. The summed E-state index contributed by atoms with van der Waals surface area (Å²) in [5, 5.41) is 3.58. The van der Waals surface area contributed by atoms with E-state index in [1.54, 1.807) is 0 Å². The molecule has 0 radical (unpaired) electrons. The summed E-state index contributed by atoms with van der Waals surface area (Å²) in [5.41, 5.74) is 0.407. The molecule has 1 rings (SSSR count). The molecule has 0 aromatic rings. The van der Waals surface area contributed by atoms with Gasteiger partial charge in [0, 0.05) is 33.0 Å². The minimum Gasteiger partial charge on any atom is -0.381 e. The lowest BCUT2D eigenvalue weighted by molar-refractivity contribution is -0.00851. The molecule has 0 saturated carbocycles. The van der Waals surface area contributed by atoms with Gasteiger partial charge in [-0.05, 0) is 43.6 Å². The van der Waals surface area contributed by atoms with Crippen LogP contribution in [0.4, 0.5) is 0 Å². The van der Waals surface area contributed by atoms with Crippen LogP contribution in [0.1, 0.15) is 46.5 Å². The van der Waals surface area contributed by atoms with Crippen molar-refractivity contribution in [2.75, 3.05) is 39.5 Å². The van der Waals surface area contributed by atoms with Gasteiger partial charge in [-0.3, -0.25) is 0 Å². The van der Waals surface area contributed by atoms with Crippen molar-refractivity contribution in [2.45, 2.75) is 46.5 Å². The van der Waals surface area contributed by atoms with Gasteiger partial charge in [0.2, 0.25) is 0 Å². The maximum atomic E-state index is 5.76. The van der Waals surface area contributed by atoms with Gasteiger partial charge in [0.25, 0.3) is 0 Å². The van der Waals surface area contributed by atoms with E-state index in [9.17, 15) is 0 Å². The average Bonchev–Trinajstić information content (AvgIpc) is 2.36. The first-order valence-corrected chi connectivity index (χ1v) is 7.55. The second kappa shape index (κ2) is 8.89. The number of hydrogen-bond donors (Lipinski definition) is 1. The van der Waals surface area contributed by atoms with Crippen molar-refractivity contribution in [1.29, 1.82) is 0 Å². The van der Waals surface area contributed by atoms with Crippen molar-refractivity contribution in [3.63, 3.8) is 0 Å². The Morgan fingerprint density at radius 1 is 1.28 bits per heavy atom. The normalized spacial score (nSPS) is 19.3. The van der Waals surface area contributed by atoms with Crippen LogP contribution in [0.5, 0.6) is 0 Å². The lowest BCUT2D eigenvalue weighted by Gasteiger charge is -2.37. The van der Waals surface area contributed by atoms with E-state index in [1.807, 2.05) is 0 Å². The molecule has 0 aromatic heterocycles. The van der Waals surface area contributed by atoms with E-state index in [1.165, 1.54) is 25.7 Å². The van der Waals surface area contributed by atoms with Crippen molar-refractivity contribution in [2.24, 2.45) is 11.3 Å². The molecule has 18 heavy (non-hydrogen) atoms. The maximum absolute atomic E-state index is 5.76. The summed E-state index contributed by atoms with van der Waals surface area (Å²) in [6.45, 7) is 12.5. The van der Waals surface area contributed by atoms with Gasteiger partial charge in [0.1, 0.15) is 0 Å². The van der Waals surface area contributed by atoms with E-state index in [0.717, 1.165) is 39.5 Å². The van der Waals surface area contributed by atoms with Gasteiger partial charge in [0.15, 0.2) is 0 Å². The minimum absolute atomic E-state index is 0.407. The molecule has 1 aliphatic rings. The molecule has 0 bridgehead atoms. The zero-order chi connectivity index (χ0) is 13.3. The zero-order valence-electron chi connectivity index (χ0n) is 12.5. The Labute approximate surface area is 113 Å². The predicted octanol–water partition coefficient (Wildman–Crippen LogP) is 2.85. The fourth-order valence-electron chi connectivity index (χ4n) is 2.46. The lowest BCUT2D eigenvalue weighted by atomic mass is 9.77. The van der Waals surface area contributed by atoms with Crippen molar-refractivity contribution in [3.05, 3.63) is 0 Å². The number of ether oxygens (including phenoxy) is 2. The van der Waals surface area contributed by atoms with Gasteiger partial charge in [-0.15, -0.1) is 0 Å². The summed E-state index contributed by atoms with van der Waals surface area (Å²) in [5.74, 6) is 0.633. The summed E-state index contributed by atoms with van der Waals surface area (Å²) in [6.07, 6.45) is 4.72. The molecule has 3 heteroatoms. The Hall–Kier alpha value is -0.120. The van der Waals surface area contributed by atoms with E-state index < -0.39 is 0 Å². The standard InChI is InChI=1S/C15H31NO2/c1-4-8-16-13-15(5-9-17-10-6-15)7-11-18-12-14(2)3/h14,16H,4-13H2,1-3H3. The molecule has 3 nitrogen and oxygen atoms in total. The van der Waals surface area contributed by atoms with Crippen LogP contribution in [-0.4, -0.2) is 39.5 Å². The van der Waals surface area contributed by atoms with Gasteiger partial charge in [-0.25, -0.2) is 0 Å². The summed E-state index contributed by atoms with van der Waals surface area (Å²) < 4.78 is 11.3. The largest absolute Gasteiger partial charge is 0.381 e. The second-order valence-electron chi connectivity index (χ2n) is 6.01. The number of nitrogens with one attached hydrogen (secondary N) is 1. The van der Waals surface area contributed by atoms with Crippen molar-refractivity contribution in [3.8, 4) is 0 Å². The molecule has 1 saturated heterocycles. The van der Waals surface area contributed by atoms with Gasteiger partial charge in [-0.1, -0.05) is 20.8 Å². The highest BCUT2D eigenvalue weighted by molar-refractivity contribution is 4.84. The number of rotatable bonds is 9. The molecule has 0 aliphatic carbocycles. The molecule has 1 aliphatic heterocycles. The molecule has 108 valence electrons. The van der Waals surface area contributed by atoms with Crippen molar-refractivity contribution >= 4 is 0 Å². The zero-order valence-corrected chi connectivity index (χ0v) is 12.5. The monoisotopic (exact) mass is 257 g/mol. The Kier molecular flexibility index (Phi) is 7.87. The minimum atomic E-state index is 0.407. The average molecular weight is 257 g/mol. The third kappa shape index (κ3) is 6.17. The van der Waals surface area contributed by atoms with Crippen LogP contribution < -0.4 is 5.32 Å². The highest BCUT2D eigenvalue weighted by atomic mass is 16.5. The first kappa shape index (κ1) is 15.9. The van der Waals surface area contributed by atoms with E-state index in [4.69, 9.17) is 9.47 Å². The Balaban J connectivity index is 2.29. The molecule has 0 atom stereocenters. The third-order valence-electron chi connectivity index (χ3n) is 3.71.